The molecular weight excluding hydrogens is 277 g/mol. The normalized spacial score (nSPS) is 12.6. The number of H-pyrrole nitrogens is 1. The van der Waals surface area contributed by atoms with Crippen LogP contribution in [0.3, 0.4) is 0 Å². The van der Waals surface area contributed by atoms with E-state index in [1.807, 2.05) is 0 Å². The van der Waals surface area contributed by atoms with Crippen LogP contribution in [-0.2, 0) is 16.6 Å². The SMILES string of the molecule is CC(C)CNc1ccc(F)cc1CS(=O)c1ncc[nH]1. The van der Waals surface area contributed by atoms with Crippen LogP contribution in [-0.4, -0.2) is 20.7 Å². The summed E-state index contributed by atoms with van der Waals surface area (Å²) in [7, 11) is -1.31. The van der Waals surface area contributed by atoms with Crippen LogP contribution in [0.4, 0.5) is 10.1 Å². The highest BCUT2D eigenvalue weighted by atomic mass is 32.2. The lowest BCUT2D eigenvalue weighted by Gasteiger charge is -2.13. The lowest BCUT2D eigenvalue weighted by atomic mass is 10.1. The minimum Gasteiger partial charge on any atom is -0.385 e. The molecule has 0 aliphatic carbocycles. The third-order valence-corrected chi connectivity index (χ3v) is 3.97. The van der Waals surface area contributed by atoms with Crippen molar-refractivity contribution in [1.82, 2.24) is 9.97 Å². The van der Waals surface area contributed by atoms with E-state index in [4.69, 9.17) is 0 Å². The summed E-state index contributed by atoms with van der Waals surface area (Å²) in [6.07, 6.45) is 3.17. The van der Waals surface area contributed by atoms with E-state index in [2.05, 4.69) is 29.1 Å². The van der Waals surface area contributed by atoms with Crippen LogP contribution in [0.1, 0.15) is 19.4 Å². The largest absolute Gasteiger partial charge is 0.385 e. The van der Waals surface area contributed by atoms with Crippen LogP contribution >= 0.6 is 0 Å². The summed E-state index contributed by atoms with van der Waals surface area (Å²) >= 11 is 0. The minimum atomic E-state index is -1.31. The molecule has 0 bridgehead atoms. The number of halogens is 1. The van der Waals surface area contributed by atoms with Crippen molar-refractivity contribution in [1.29, 1.82) is 0 Å². The number of aromatic nitrogens is 2. The first-order valence-electron chi connectivity index (χ1n) is 6.46. The van der Waals surface area contributed by atoms with Crippen molar-refractivity contribution in [3.63, 3.8) is 0 Å². The molecule has 2 rings (SSSR count). The molecule has 4 nitrogen and oxygen atoms in total. The van der Waals surface area contributed by atoms with Crippen LogP contribution in [0.15, 0.2) is 35.7 Å². The molecule has 2 aromatic rings. The van der Waals surface area contributed by atoms with Gasteiger partial charge in [-0.1, -0.05) is 13.8 Å². The van der Waals surface area contributed by atoms with Crippen LogP contribution in [0.5, 0.6) is 0 Å². The Balaban J connectivity index is 2.16. The van der Waals surface area contributed by atoms with Crippen molar-refractivity contribution in [2.75, 3.05) is 11.9 Å². The van der Waals surface area contributed by atoms with E-state index in [1.165, 1.54) is 12.1 Å². The molecule has 108 valence electrons. The monoisotopic (exact) mass is 295 g/mol. The zero-order valence-electron chi connectivity index (χ0n) is 11.5. The number of imidazole rings is 1. The van der Waals surface area contributed by atoms with E-state index in [1.54, 1.807) is 18.5 Å². The van der Waals surface area contributed by atoms with Crippen LogP contribution in [0, 0.1) is 11.7 Å². The summed E-state index contributed by atoms with van der Waals surface area (Å²) in [5.74, 6) is 0.376. The molecule has 6 heteroatoms. The predicted octanol–water partition coefficient (Wildman–Crippen LogP) is 2.92. The maximum Gasteiger partial charge on any atom is 0.196 e. The van der Waals surface area contributed by atoms with Gasteiger partial charge in [-0.15, -0.1) is 0 Å². The molecular formula is C14H18FN3OS. The quantitative estimate of drug-likeness (QED) is 0.861. The van der Waals surface area contributed by atoms with Gasteiger partial charge < -0.3 is 10.3 Å². The highest BCUT2D eigenvalue weighted by molar-refractivity contribution is 7.84. The molecule has 1 atom stereocenters. The van der Waals surface area contributed by atoms with Crippen molar-refractivity contribution >= 4 is 16.5 Å². The fourth-order valence-corrected chi connectivity index (χ4v) is 2.79. The van der Waals surface area contributed by atoms with E-state index in [-0.39, 0.29) is 11.6 Å². The number of nitrogens with one attached hydrogen (secondary N) is 2. The van der Waals surface area contributed by atoms with E-state index in [9.17, 15) is 8.60 Å². The Bertz CT molecular complexity index is 584. The molecule has 0 amide bonds. The summed E-state index contributed by atoms with van der Waals surface area (Å²) in [6, 6.07) is 4.51. The third kappa shape index (κ3) is 3.90. The summed E-state index contributed by atoms with van der Waals surface area (Å²) in [6.45, 7) is 4.97. The first-order chi connectivity index (χ1) is 9.56. The highest BCUT2D eigenvalue weighted by Gasteiger charge is 2.12. The van der Waals surface area contributed by atoms with E-state index >= 15 is 0 Å². The molecule has 0 radical (unpaired) electrons. The van der Waals surface area contributed by atoms with Gasteiger partial charge in [0.15, 0.2) is 5.16 Å². The van der Waals surface area contributed by atoms with Crippen molar-refractivity contribution < 1.29 is 8.60 Å². The third-order valence-electron chi connectivity index (χ3n) is 2.74. The Morgan fingerprint density at radius 2 is 2.25 bits per heavy atom. The average Bonchev–Trinajstić information content (AvgIpc) is 2.91. The summed E-state index contributed by atoms with van der Waals surface area (Å²) in [5, 5.41) is 3.67. The van der Waals surface area contributed by atoms with Crippen molar-refractivity contribution in [3.05, 3.63) is 42.0 Å². The molecule has 0 saturated carbocycles. The minimum absolute atomic E-state index is 0.228. The van der Waals surface area contributed by atoms with Crippen molar-refractivity contribution in [3.8, 4) is 0 Å². The standard InChI is InChI=1S/C14H18FN3OS/c1-10(2)8-18-13-4-3-12(15)7-11(13)9-20(19)14-16-5-6-17-14/h3-7,10,18H,8-9H2,1-2H3,(H,16,17). The number of hydrogen-bond donors (Lipinski definition) is 2. The smallest absolute Gasteiger partial charge is 0.196 e. The van der Waals surface area contributed by atoms with Gasteiger partial charge in [0.25, 0.3) is 0 Å². The summed E-state index contributed by atoms with van der Waals surface area (Å²) in [4.78, 5) is 6.78. The lowest BCUT2D eigenvalue weighted by Crippen LogP contribution is -2.11. The van der Waals surface area contributed by atoms with Gasteiger partial charge >= 0.3 is 0 Å². The summed E-state index contributed by atoms with van der Waals surface area (Å²) < 4.78 is 25.5. The molecule has 1 aromatic heterocycles. The maximum absolute atomic E-state index is 13.4. The van der Waals surface area contributed by atoms with Crippen molar-refractivity contribution in [2.24, 2.45) is 5.92 Å². The highest BCUT2D eigenvalue weighted by Crippen LogP contribution is 2.20. The van der Waals surface area contributed by atoms with Crippen molar-refractivity contribution in [2.45, 2.75) is 24.8 Å². The first kappa shape index (κ1) is 14.7. The van der Waals surface area contributed by atoms with Gasteiger partial charge in [-0.05, 0) is 29.7 Å². The summed E-state index contributed by atoms with van der Waals surface area (Å²) in [5.41, 5.74) is 1.51. The van der Waals surface area contributed by atoms with Gasteiger partial charge in [-0.3, -0.25) is 4.21 Å². The van der Waals surface area contributed by atoms with Gasteiger partial charge in [0.2, 0.25) is 0 Å². The first-order valence-corrected chi connectivity index (χ1v) is 7.78. The number of nitrogens with zero attached hydrogens (tertiary/aromatic N) is 1. The Morgan fingerprint density at radius 3 is 2.90 bits per heavy atom. The molecule has 0 aliphatic rings. The van der Waals surface area contributed by atoms with E-state index < -0.39 is 10.8 Å². The predicted molar refractivity (Wildman–Crippen MR) is 78.4 cm³/mol. The number of rotatable bonds is 6. The maximum atomic E-state index is 13.4. The fraction of sp³-hybridized carbons (Fsp3) is 0.357. The van der Waals surface area contributed by atoms with Crippen LogP contribution in [0.25, 0.3) is 0 Å². The van der Waals surface area contributed by atoms with Gasteiger partial charge in [-0.25, -0.2) is 9.37 Å². The number of benzene rings is 1. The van der Waals surface area contributed by atoms with Gasteiger partial charge in [0, 0.05) is 24.6 Å². The molecule has 0 aliphatic heterocycles. The molecule has 1 unspecified atom stereocenters. The molecule has 20 heavy (non-hydrogen) atoms. The number of hydrogen-bond acceptors (Lipinski definition) is 3. The second kappa shape index (κ2) is 6.65. The second-order valence-electron chi connectivity index (χ2n) is 4.96. The zero-order chi connectivity index (χ0) is 14.5. The van der Waals surface area contributed by atoms with Crippen LogP contribution in [0.2, 0.25) is 0 Å². The Morgan fingerprint density at radius 1 is 1.45 bits per heavy atom. The average molecular weight is 295 g/mol. The van der Waals surface area contributed by atoms with E-state index in [0.29, 0.717) is 16.6 Å². The van der Waals surface area contributed by atoms with Gasteiger partial charge in [0.05, 0.1) is 16.6 Å². The lowest BCUT2D eigenvalue weighted by molar-refractivity contribution is 0.626. The Hall–Kier alpha value is -1.69. The second-order valence-corrected chi connectivity index (χ2v) is 6.33. The fourth-order valence-electron chi connectivity index (χ4n) is 1.75. The number of aromatic amines is 1. The molecule has 1 aromatic carbocycles. The Labute approximate surface area is 120 Å². The van der Waals surface area contributed by atoms with Gasteiger partial charge in [0.1, 0.15) is 5.82 Å². The number of anilines is 1. The molecule has 0 saturated heterocycles. The topological polar surface area (TPSA) is 57.8 Å². The molecule has 0 fully saturated rings. The van der Waals surface area contributed by atoms with E-state index in [0.717, 1.165) is 12.2 Å². The molecule has 1 heterocycles. The van der Waals surface area contributed by atoms with Gasteiger partial charge in [-0.2, -0.15) is 0 Å². The Kier molecular flexibility index (Phi) is 4.89. The molecule has 2 N–H and O–H groups in total. The van der Waals surface area contributed by atoms with Crippen LogP contribution < -0.4 is 5.32 Å². The molecule has 0 spiro atoms. The zero-order valence-corrected chi connectivity index (χ0v) is 12.3.